The summed E-state index contributed by atoms with van der Waals surface area (Å²) in [6, 6.07) is 8.59. The Bertz CT molecular complexity index is 1230. The van der Waals surface area contributed by atoms with Crippen molar-refractivity contribution in [2.75, 3.05) is 5.75 Å². The lowest BCUT2D eigenvalue weighted by atomic mass is 9.94. The van der Waals surface area contributed by atoms with Gasteiger partial charge in [0.1, 0.15) is 17.4 Å². The van der Waals surface area contributed by atoms with Gasteiger partial charge in [-0.1, -0.05) is 18.2 Å². The highest BCUT2D eigenvalue weighted by Crippen LogP contribution is 2.40. The van der Waals surface area contributed by atoms with E-state index in [1.54, 1.807) is 11.5 Å². The molecule has 9 heteroatoms. The smallest absolute Gasteiger partial charge is 0.406 e. The van der Waals surface area contributed by atoms with Crippen molar-refractivity contribution in [2.24, 2.45) is 0 Å². The van der Waals surface area contributed by atoms with Gasteiger partial charge >= 0.3 is 6.36 Å². The lowest BCUT2D eigenvalue weighted by Crippen LogP contribution is -2.26. The summed E-state index contributed by atoms with van der Waals surface area (Å²) < 4.78 is 72.4. The molecule has 0 saturated carbocycles. The van der Waals surface area contributed by atoms with E-state index in [1.165, 1.54) is 30.0 Å². The minimum Gasteiger partial charge on any atom is -0.406 e. The van der Waals surface area contributed by atoms with Crippen LogP contribution in [-0.4, -0.2) is 16.7 Å². The number of rotatable bonds is 4. The summed E-state index contributed by atoms with van der Waals surface area (Å²) in [5.74, 6) is -1.26. The standard InChI is InChI=1S/C23H18F5NO2S/c1-12-11-32-22-16(10-17-18(24)7-4-8-19(17)25)13(2)20(21(30)29(12)22)14-5-3-6-15(9-14)31-23(26,27)28/h3-9,12H,10-11H2,1-2H3. The molecule has 1 atom stereocenters. The number of ether oxygens (including phenoxy) is 1. The molecule has 0 fully saturated rings. The molecule has 3 aromatic rings. The zero-order valence-corrected chi connectivity index (χ0v) is 17.9. The molecule has 4 rings (SSSR count). The first-order valence-electron chi connectivity index (χ1n) is 9.76. The van der Waals surface area contributed by atoms with Gasteiger partial charge < -0.3 is 4.74 Å². The molecule has 168 valence electrons. The summed E-state index contributed by atoms with van der Waals surface area (Å²) >= 11 is 1.42. The molecule has 1 aliphatic heterocycles. The van der Waals surface area contributed by atoms with Crippen molar-refractivity contribution < 1.29 is 26.7 Å². The van der Waals surface area contributed by atoms with E-state index in [0.717, 1.165) is 24.3 Å². The molecule has 0 aliphatic carbocycles. The molecular weight excluding hydrogens is 449 g/mol. The number of nitrogens with zero attached hydrogens (tertiary/aromatic N) is 1. The summed E-state index contributed by atoms with van der Waals surface area (Å²) in [4.78, 5) is 13.4. The lowest BCUT2D eigenvalue weighted by Gasteiger charge is -2.19. The fourth-order valence-corrected chi connectivity index (χ4v) is 5.29. The molecule has 1 aliphatic rings. The molecule has 32 heavy (non-hydrogen) atoms. The van der Waals surface area contributed by atoms with Gasteiger partial charge in [-0.25, -0.2) is 8.78 Å². The number of alkyl halides is 3. The van der Waals surface area contributed by atoms with Crippen molar-refractivity contribution in [3.63, 3.8) is 0 Å². The topological polar surface area (TPSA) is 31.2 Å². The van der Waals surface area contributed by atoms with Crippen LogP contribution in [0.15, 0.2) is 52.3 Å². The van der Waals surface area contributed by atoms with E-state index in [0.29, 0.717) is 21.9 Å². The maximum Gasteiger partial charge on any atom is 0.573 e. The highest BCUT2D eigenvalue weighted by atomic mass is 32.2. The molecule has 0 amide bonds. The van der Waals surface area contributed by atoms with Gasteiger partial charge in [0.05, 0.1) is 10.6 Å². The van der Waals surface area contributed by atoms with Crippen molar-refractivity contribution in [2.45, 2.75) is 37.7 Å². The van der Waals surface area contributed by atoms with Crippen molar-refractivity contribution in [3.05, 3.63) is 81.1 Å². The zero-order chi connectivity index (χ0) is 23.2. The molecular formula is C23H18F5NO2S. The Kier molecular flexibility index (Phi) is 5.79. The molecule has 0 spiro atoms. The molecule has 1 unspecified atom stereocenters. The molecule has 0 bridgehead atoms. The van der Waals surface area contributed by atoms with Gasteiger partial charge in [-0.15, -0.1) is 24.9 Å². The van der Waals surface area contributed by atoms with Gasteiger partial charge in [0, 0.05) is 23.8 Å². The van der Waals surface area contributed by atoms with Gasteiger partial charge in [-0.05, 0) is 54.8 Å². The van der Waals surface area contributed by atoms with E-state index >= 15 is 0 Å². The van der Waals surface area contributed by atoms with Crippen molar-refractivity contribution in [1.29, 1.82) is 0 Å². The number of pyridine rings is 1. The molecule has 0 N–H and O–H groups in total. The second kappa shape index (κ2) is 8.27. The van der Waals surface area contributed by atoms with Gasteiger partial charge in [0.2, 0.25) is 0 Å². The normalized spacial score (nSPS) is 15.7. The Morgan fingerprint density at radius 3 is 2.41 bits per heavy atom. The SMILES string of the molecule is Cc1c(Cc2c(F)cccc2F)c2n(c(=O)c1-c1cccc(OC(F)(F)F)c1)C(C)CS2. The van der Waals surface area contributed by atoms with E-state index in [2.05, 4.69) is 4.74 Å². The summed E-state index contributed by atoms with van der Waals surface area (Å²) in [7, 11) is 0. The average Bonchev–Trinajstić information content (AvgIpc) is 3.08. The van der Waals surface area contributed by atoms with Crippen molar-refractivity contribution >= 4 is 11.8 Å². The van der Waals surface area contributed by atoms with Crippen LogP contribution < -0.4 is 10.3 Å². The van der Waals surface area contributed by atoms with Crippen LogP contribution in [0.5, 0.6) is 5.75 Å². The first-order valence-corrected chi connectivity index (χ1v) is 10.7. The van der Waals surface area contributed by atoms with Crippen LogP contribution in [-0.2, 0) is 6.42 Å². The van der Waals surface area contributed by atoms with Crippen molar-refractivity contribution in [3.8, 4) is 16.9 Å². The van der Waals surface area contributed by atoms with Crippen LogP contribution in [0.2, 0.25) is 0 Å². The number of benzene rings is 2. The second-order valence-corrected chi connectivity index (χ2v) is 8.58. The third-order valence-corrected chi connectivity index (χ3v) is 6.78. The molecule has 0 radical (unpaired) electrons. The van der Waals surface area contributed by atoms with Crippen LogP contribution in [0.3, 0.4) is 0 Å². The number of aromatic nitrogens is 1. The maximum atomic E-state index is 14.4. The van der Waals surface area contributed by atoms with Gasteiger partial charge in [-0.2, -0.15) is 0 Å². The summed E-state index contributed by atoms with van der Waals surface area (Å²) in [5, 5.41) is 0.620. The van der Waals surface area contributed by atoms with Crippen LogP contribution >= 0.6 is 11.8 Å². The molecule has 3 nitrogen and oxygen atoms in total. The van der Waals surface area contributed by atoms with Crippen LogP contribution in [0.1, 0.15) is 29.7 Å². The first-order chi connectivity index (χ1) is 15.1. The highest BCUT2D eigenvalue weighted by Gasteiger charge is 2.32. The Balaban J connectivity index is 1.92. The fraction of sp³-hybridized carbons (Fsp3) is 0.261. The predicted octanol–water partition coefficient (Wildman–Crippen LogP) is 6.26. The van der Waals surface area contributed by atoms with E-state index < -0.39 is 23.7 Å². The lowest BCUT2D eigenvalue weighted by molar-refractivity contribution is -0.274. The van der Waals surface area contributed by atoms with E-state index in [1.807, 2.05) is 6.92 Å². The van der Waals surface area contributed by atoms with Crippen LogP contribution in [0, 0.1) is 18.6 Å². The summed E-state index contributed by atoms with van der Waals surface area (Å²) in [5.41, 5.74) is 0.968. The van der Waals surface area contributed by atoms with E-state index in [9.17, 15) is 26.7 Å². The van der Waals surface area contributed by atoms with Gasteiger partial charge in [0.15, 0.2) is 0 Å². The number of thioether (sulfide) groups is 1. The predicted molar refractivity (Wildman–Crippen MR) is 112 cm³/mol. The summed E-state index contributed by atoms with van der Waals surface area (Å²) in [6.07, 6.45) is -4.97. The largest absolute Gasteiger partial charge is 0.573 e. The molecule has 2 heterocycles. The van der Waals surface area contributed by atoms with Crippen LogP contribution in [0.25, 0.3) is 11.1 Å². The molecule has 2 aromatic carbocycles. The highest BCUT2D eigenvalue weighted by molar-refractivity contribution is 7.99. The second-order valence-electron chi connectivity index (χ2n) is 7.57. The number of hydrogen-bond acceptors (Lipinski definition) is 3. The molecule has 0 saturated heterocycles. The minimum absolute atomic E-state index is 0.0919. The fourth-order valence-electron chi connectivity index (χ4n) is 3.94. The Hall–Kier alpha value is -2.81. The van der Waals surface area contributed by atoms with E-state index in [4.69, 9.17) is 0 Å². The third-order valence-electron chi connectivity index (χ3n) is 5.41. The third kappa shape index (κ3) is 4.13. The number of halogens is 5. The maximum absolute atomic E-state index is 14.4. The van der Waals surface area contributed by atoms with Crippen LogP contribution in [0.4, 0.5) is 22.0 Å². The quantitative estimate of drug-likeness (QED) is 0.425. The average molecular weight is 467 g/mol. The minimum atomic E-state index is -4.88. The number of fused-ring (bicyclic) bond motifs is 1. The zero-order valence-electron chi connectivity index (χ0n) is 17.1. The Labute approximate surface area is 184 Å². The van der Waals surface area contributed by atoms with Gasteiger partial charge in [0.25, 0.3) is 5.56 Å². The van der Waals surface area contributed by atoms with E-state index in [-0.39, 0.29) is 34.7 Å². The van der Waals surface area contributed by atoms with Gasteiger partial charge in [-0.3, -0.25) is 9.36 Å². The monoisotopic (exact) mass is 467 g/mol. The number of hydrogen-bond donors (Lipinski definition) is 0. The molecule has 1 aromatic heterocycles. The first kappa shape index (κ1) is 22.4. The Morgan fingerprint density at radius 2 is 1.75 bits per heavy atom. The Morgan fingerprint density at radius 1 is 1.09 bits per heavy atom. The summed E-state index contributed by atoms with van der Waals surface area (Å²) in [6.45, 7) is 3.49. The van der Waals surface area contributed by atoms with Crippen molar-refractivity contribution in [1.82, 2.24) is 4.57 Å².